The monoisotopic (exact) mass is 288 g/mol. The molecular weight excluding hydrogens is 272 g/mol. The molecule has 7 nitrogen and oxygen atoms in total. The van der Waals surface area contributed by atoms with Gasteiger partial charge < -0.3 is 21.3 Å². The minimum atomic E-state index is -1.03. The summed E-state index contributed by atoms with van der Waals surface area (Å²) >= 11 is 0. The Morgan fingerprint density at radius 3 is 2.71 bits per heavy atom. The Labute approximate surface area is 121 Å². The normalized spacial score (nSPS) is 11.9. The van der Waals surface area contributed by atoms with Gasteiger partial charge in [0, 0.05) is 12.1 Å². The Morgan fingerprint density at radius 1 is 1.33 bits per heavy atom. The predicted octanol–water partition coefficient (Wildman–Crippen LogP) is -0.191. The van der Waals surface area contributed by atoms with Crippen LogP contribution in [0.3, 0.4) is 0 Å². The average Bonchev–Trinajstić information content (AvgIpc) is 2.53. The van der Waals surface area contributed by atoms with Gasteiger partial charge in [-0.15, -0.1) is 0 Å². The number of rotatable bonds is 5. The molecular formula is C14H16N4O3. The summed E-state index contributed by atoms with van der Waals surface area (Å²) in [4.78, 5) is 20.2. The van der Waals surface area contributed by atoms with Crippen LogP contribution < -0.4 is 11.1 Å². The van der Waals surface area contributed by atoms with Crippen molar-refractivity contribution in [2.75, 3.05) is 18.9 Å². The third kappa shape index (κ3) is 3.74. The van der Waals surface area contributed by atoms with E-state index in [2.05, 4.69) is 15.3 Å². The number of hydrogen-bond donors (Lipinski definition) is 4. The molecule has 0 radical (unpaired) electrons. The number of benzene rings is 1. The van der Waals surface area contributed by atoms with E-state index in [0.29, 0.717) is 5.69 Å². The van der Waals surface area contributed by atoms with Crippen molar-refractivity contribution in [3.05, 3.63) is 42.2 Å². The maximum absolute atomic E-state index is 12.0. The van der Waals surface area contributed by atoms with E-state index in [1.807, 2.05) is 30.3 Å². The summed E-state index contributed by atoms with van der Waals surface area (Å²) < 4.78 is 0. The molecule has 1 atom stereocenters. The van der Waals surface area contributed by atoms with Crippen LogP contribution in [0, 0.1) is 0 Å². The van der Waals surface area contributed by atoms with Crippen LogP contribution in [-0.2, 0) is 0 Å². The number of nitrogen functional groups attached to an aromatic ring is 1. The van der Waals surface area contributed by atoms with Crippen LogP contribution in [0.2, 0.25) is 0 Å². The number of nitrogens with two attached hydrogens (primary N) is 1. The van der Waals surface area contributed by atoms with Gasteiger partial charge in [-0.25, -0.2) is 9.97 Å². The van der Waals surface area contributed by atoms with Crippen LogP contribution in [0.25, 0.3) is 11.3 Å². The molecule has 2 aromatic rings. The lowest BCUT2D eigenvalue weighted by atomic mass is 10.1. The molecule has 2 rings (SSSR count). The van der Waals surface area contributed by atoms with E-state index in [0.717, 1.165) is 5.56 Å². The first-order valence-corrected chi connectivity index (χ1v) is 6.37. The summed E-state index contributed by atoms with van der Waals surface area (Å²) in [7, 11) is 0. The Hall–Kier alpha value is -2.51. The fraction of sp³-hybridized carbons (Fsp3) is 0.214. The molecule has 0 fully saturated rings. The van der Waals surface area contributed by atoms with Gasteiger partial charge in [0.25, 0.3) is 5.91 Å². The van der Waals surface area contributed by atoms with Gasteiger partial charge in [-0.2, -0.15) is 0 Å². The first-order chi connectivity index (χ1) is 10.1. The van der Waals surface area contributed by atoms with E-state index < -0.39 is 18.6 Å². The molecule has 1 aromatic heterocycles. The standard InChI is InChI=1S/C14H16N4O3/c15-13-12(14(21)17-6-10(20)8-19)18-11(7-16-13)9-4-2-1-3-5-9/h1-5,7,10,19-20H,6,8H2,(H2,15,16)(H,17,21). The second-order valence-corrected chi connectivity index (χ2v) is 4.40. The third-order valence-corrected chi connectivity index (χ3v) is 2.79. The van der Waals surface area contributed by atoms with Crippen molar-refractivity contribution in [1.82, 2.24) is 15.3 Å². The summed E-state index contributed by atoms with van der Waals surface area (Å²) in [6.07, 6.45) is 0.463. The highest BCUT2D eigenvalue weighted by atomic mass is 16.3. The zero-order chi connectivity index (χ0) is 15.2. The van der Waals surface area contributed by atoms with Gasteiger partial charge in [0.1, 0.15) is 0 Å². The number of hydrogen-bond acceptors (Lipinski definition) is 6. The molecule has 0 aliphatic heterocycles. The fourth-order valence-electron chi connectivity index (χ4n) is 1.67. The first-order valence-electron chi connectivity index (χ1n) is 6.37. The van der Waals surface area contributed by atoms with Crippen LogP contribution in [0.15, 0.2) is 36.5 Å². The molecule has 1 unspecified atom stereocenters. The Morgan fingerprint density at radius 2 is 2.05 bits per heavy atom. The second kappa shape index (κ2) is 6.78. The quantitative estimate of drug-likeness (QED) is 0.605. The number of nitrogens with one attached hydrogen (secondary N) is 1. The number of aliphatic hydroxyl groups is 2. The molecule has 0 saturated heterocycles. The topological polar surface area (TPSA) is 121 Å². The number of anilines is 1. The van der Waals surface area contributed by atoms with Gasteiger partial charge in [-0.3, -0.25) is 4.79 Å². The summed E-state index contributed by atoms with van der Waals surface area (Å²) in [5.74, 6) is -0.545. The summed E-state index contributed by atoms with van der Waals surface area (Å²) in [5.41, 5.74) is 6.99. The maximum atomic E-state index is 12.0. The van der Waals surface area contributed by atoms with E-state index in [-0.39, 0.29) is 18.1 Å². The summed E-state index contributed by atoms with van der Waals surface area (Å²) in [5, 5.41) is 20.4. The minimum Gasteiger partial charge on any atom is -0.394 e. The van der Waals surface area contributed by atoms with Crippen molar-refractivity contribution >= 4 is 11.7 Å². The Bertz CT molecular complexity index is 619. The third-order valence-electron chi connectivity index (χ3n) is 2.79. The molecule has 7 heteroatoms. The van der Waals surface area contributed by atoms with Crippen LogP contribution >= 0.6 is 0 Å². The molecule has 0 aliphatic rings. The number of carbonyl (C=O) groups excluding carboxylic acids is 1. The number of carbonyl (C=O) groups is 1. The number of nitrogens with zero attached hydrogens (tertiary/aromatic N) is 2. The van der Waals surface area contributed by atoms with Crippen molar-refractivity contribution in [2.45, 2.75) is 6.10 Å². The van der Waals surface area contributed by atoms with Gasteiger partial charge in [-0.05, 0) is 0 Å². The molecule has 110 valence electrons. The largest absolute Gasteiger partial charge is 0.394 e. The zero-order valence-corrected chi connectivity index (χ0v) is 11.2. The van der Waals surface area contributed by atoms with Crippen LogP contribution in [0.4, 0.5) is 5.82 Å². The first kappa shape index (κ1) is 14.9. The second-order valence-electron chi connectivity index (χ2n) is 4.40. The van der Waals surface area contributed by atoms with Crippen molar-refractivity contribution in [1.29, 1.82) is 0 Å². The SMILES string of the molecule is Nc1ncc(-c2ccccc2)nc1C(=O)NCC(O)CO. The van der Waals surface area contributed by atoms with Crippen LogP contribution in [0.1, 0.15) is 10.5 Å². The highest BCUT2D eigenvalue weighted by Gasteiger charge is 2.15. The van der Waals surface area contributed by atoms with Gasteiger partial charge in [0.2, 0.25) is 0 Å². The lowest BCUT2D eigenvalue weighted by Crippen LogP contribution is -2.34. The molecule has 1 aromatic carbocycles. The lowest BCUT2D eigenvalue weighted by molar-refractivity contribution is 0.0799. The van der Waals surface area contributed by atoms with Gasteiger partial charge in [-0.1, -0.05) is 30.3 Å². The molecule has 1 amide bonds. The highest BCUT2D eigenvalue weighted by molar-refractivity contribution is 5.96. The predicted molar refractivity (Wildman–Crippen MR) is 77.3 cm³/mol. The zero-order valence-electron chi connectivity index (χ0n) is 11.2. The molecule has 0 aliphatic carbocycles. The smallest absolute Gasteiger partial charge is 0.273 e. The molecule has 0 spiro atoms. The fourth-order valence-corrected chi connectivity index (χ4v) is 1.67. The van der Waals surface area contributed by atoms with Crippen molar-refractivity contribution < 1.29 is 15.0 Å². The number of aromatic nitrogens is 2. The molecule has 5 N–H and O–H groups in total. The highest BCUT2D eigenvalue weighted by Crippen LogP contribution is 2.17. The van der Waals surface area contributed by atoms with E-state index >= 15 is 0 Å². The molecule has 1 heterocycles. The van der Waals surface area contributed by atoms with Crippen molar-refractivity contribution in [2.24, 2.45) is 0 Å². The molecule has 0 saturated carbocycles. The van der Waals surface area contributed by atoms with Gasteiger partial charge >= 0.3 is 0 Å². The Kier molecular flexibility index (Phi) is 4.81. The van der Waals surface area contributed by atoms with Crippen molar-refractivity contribution in [3.8, 4) is 11.3 Å². The Balaban J connectivity index is 2.21. The molecule has 21 heavy (non-hydrogen) atoms. The molecule has 0 bridgehead atoms. The van der Waals surface area contributed by atoms with E-state index in [1.165, 1.54) is 6.20 Å². The summed E-state index contributed by atoms with van der Waals surface area (Å²) in [6, 6.07) is 9.27. The van der Waals surface area contributed by atoms with Crippen LogP contribution in [0.5, 0.6) is 0 Å². The summed E-state index contributed by atoms with van der Waals surface area (Å²) in [6.45, 7) is -0.530. The van der Waals surface area contributed by atoms with Crippen LogP contribution in [-0.4, -0.2) is 45.3 Å². The average molecular weight is 288 g/mol. The minimum absolute atomic E-state index is 0.00525. The maximum Gasteiger partial charge on any atom is 0.273 e. The lowest BCUT2D eigenvalue weighted by Gasteiger charge is -2.10. The van der Waals surface area contributed by atoms with Crippen molar-refractivity contribution in [3.63, 3.8) is 0 Å². The van der Waals surface area contributed by atoms with E-state index in [9.17, 15) is 9.90 Å². The van der Waals surface area contributed by atoms with E-state index in [4.69, 9.17) is 10.8 Å². The number of aliphatic hydroxyl groups excluding tert-OH is 2. The van der Waals surface area contributed by atoms with Gasteiger partial charge in [0.15, 0.2) is 11.5 Å². The van der Waals surface area contributed by atoms with Gasteiger partial charge in [0.05, 0.1) is 24.6 Å². The number of amides is 1. The van der Waals surface area contributed by atoms with E-state index in [1.54, 1.807) is 0 Å².